The molecule has 0 aliphatic rings. The van der Waals surface area contributed by atoms with Crippen LogP contribution in [0.1, 0.15) is 55.4 Å². The van der Waals surface area contributed by atoms with Crippen LogP contribution in [0.15, 0.2) is 36.4 Å². The van der Waals surface area contributed by atoms with Crippen molar-refractivity contribution < 1.29 is 19.5 Å². The molecule has 0 saturated carbocycles. The zero-order valence-electron chi connectivity index (χ0n) is 18.6. The van der Waals surface area contributed by atoms with E-state index in [4.69, 9.17) is 9.31 Å². The second-order valence-corrected chi connectivity index (χ2v) is 9.65. The van der Waals surface area contributed by atoms with Crippen LogP contribution >= 0.6 is 0 Å². The summed E-state index contributed by atoms with van der Waals surface area (Å²) in [6.07, 6.45) is 0. The van der Waals surface area contributed by atoms with Crippen molar-refractivity contribution in [2.45, 2.75) is 77.8 Å². The van der Waals surface area contributed by atoms with Crippen molar-refractivity contribution in [2.75, 3.05) is 0 Å². The summed E-state index contributed by atoms with van der Waals surface area (Å²) in [7, 11) is 0.821. The van der Waals surface area contributed by atoms with E-state index < -0.39 is 22.4 Å². The van der Waals surface area contributed by atoms with E-state index in [2.05, 4.69) is 12.1 Å². The maximum atomic E-state index is 10.3. The van der Waals surface area contributed by atoms with Gasteiger partial charge in [0.1, 0.15) is 0 Å². The molecule has 0 saturated heterocycles. The summed E-state index contributed by atoms with van der Waals surface area (Å²) >= 11 is 0. The van der Waals surface area contributed by atoms with E-state index >= 15 is 0 Å². The van der Waals surface area contributed by atoms with E-state index in [9.17, 15) is 10.2 Å². The second kappa shape index (κ2) is 7.83. The van der Waals surface area contributed by atoms with Gasteiger partial charge < -0.3 is 19.5 Å². The molecule has 0 atom stereocenters. The SMILES string of the molecule is CC(C)(O)C(C)(C)OBc1cccc2c(BOC(C)(C)C(C)(C)O)cccc12. The minimum absolute atomic E-state index is 0.411. The number of aliphatic hydroxyl groups is 2. The molecule has 28 heavy (non-hydrogen) atoms. The van der Waals surface area contributed by atoms with Crippen LogP contribution in [-0.4, -0.2) is 47.6 Å². The Labute approximate surface area is 170 Å². The Morgan fingerprint density at radius 2 is 0.929 bits per heavy atom. The molecule has 0 bridgehead atoms. The topological polar surface area (TPSA) is 58.9 Å². The first kappa shape index (κ1) is 23.0. The predicted octanol–water partition coefficient (Wildman–Crippen LogP) is 1.93. The molecule has 2 aromatic carbocycles. The number of fused-ring (bicyclic) bond motifs is 1. The van der Waals surface area contributed by atoms with E-state index in [1.807, 2.05) is 52.0 Å². The molecular formula is C22H34B2O4. The summed E-state index contributed by atoms with van der Waals surface area (Å²) < 4.78 is 12.1. The third-order valence-corrected chi connectivity index (χ3v) is 6.23. The molecule has 0 aliphatic heterocycles. The van der Waals surface area contributed by atoms with Crippen LogP contribution in [0.25, 0.3) is 10.8 Å². The van der Waals surface area contributed by atoms with Crippen LogP contribution in [0.2, 0.25) is 0 Å². The molecule has 152 valence electrons. The lowest BCUT2D eigenvalue weighted by atomic mass is 9.76. The highest BCUT2D eigenvalue weighted by atomic mass is 16.5. The summed E-state index contributed by atoms with van der Waals surface area (Å²) in [6.45, 7) is 14.6. The van der Waals surface area contributed by atoms with E-state index in [-0.39, 0.29) is 0 Å². The molecule has 0 heterocycles. The zero-order valence-corrected chi connectivity index (χ0v) is 18.6. The van der Waals surface area contributed by atoms with Crippen molar-refractivity contribution in [3.8, 4) is 0 Å². The highest BCUT2D eigenvalue weighted by molar-refractivity contribution is 6.55. The van der Waals surface area contributed by atoms with Gasteiger partial charge in [0.2, 0.25) is 0 Å². The van der Waals surface area contributed by atoms with Gasteiger partial charge in [0.25, 0.3) is 0 Å². The van der Waals surface area contributed by atoms with Gasteiger partial charge in [-0.3, -0.25) is 0 Å². The summed E-state index contributed by atoms with van der Waals surface area (Å²) in [5, 5.41) is 22.9. The van der Waals surface area contributed by atoms with Crippen molar-refractivity contribution in [2.24, 2.45) is 0 Å². The van der Waals surface area contributed by atoms with Crippen molar-refractivity contribution in [1.82, 2.24) is 0 Å². The van der Waals surface area contributed by atoms with Gasteiger partial charge in [-0.15, -0.1) is 0 Å². The Kier molecular flexibility index (Phi) is 6.42. The molecule has 0 aromatic heterocycles. The lowest BCUT2D eigenvalue weighted by molar-refractivity contribution is -0.0893. The molecule has 0 spiro atoms. The summed E-state index contributed by atoms with van der Waals surface area (Å²) in [5.41, 5.74) is -1.10. The van der Waals surface area contributed by atoms with E-state index in [0.29, 0.717) is 15.0 Å². The molecule has 0 fully saturated rings. The molecule has 4 nitrogen and oxygen atoms in total. The summed E-state index contributed by atoms with van der Waals surface area (Å²) in [4.78, 5) is 0. The summed E-state index contributed by atoms with van der Waals surface area (Å²) in [6, 6.07) is 12.3. The van der Waals surface area contributed by atoms with Crippen molar-refractivity contribution >= 4 is 36.7 Å². The second-order valence-electron chi connectivity index (χ2n) is 9.65. The first-order valence-electron chi connectivity index (χ1n) is 9.88. The summed E-state index contributed by atoms with van der Waals surface area (Å²) in [5.74, 6) is 0. The maximum absolute atomic E-state index is 10.3. The molecular weight excluding hydrogens is 350 g/mol. The molecule has 2 aromatic rings. The lowest BCUT2D eigenvalue weighted by Crippen LogP contribution is -2.49. The third kappa shape index (κ3) is 4.98. The number of hydrogen-bond donors (Lipinski definition) is 2. The smallest absolute Gasteiger partial charge is 0.310 e. The third-order valence-electron chi connectivity index (χ3n) is 6.23. The van der Waals surface area contributed by atoms with E-state index in [0.717, 1.165) is 21.7 Å². The molecule has 2 rings (SSSR count). The predicted molar refractivity (Wildman–Crippen MR) is 120 cm³/mol. The average Bonchev–Trinajstić information content (AvgIpc) is 2.56. The van der Waals surface area contributed by atoms with Crippen LogP contribution in [0.4, 0.5) is 0 Å². The zero-order chi connectivity index (χ0) is 21.4. The molecule has 6 heteroatoms. The molecule has 0 aliphatic carbocycles. The van der Waals surface area contributed by atoms with Gasteiger partial charge in [-0.05, 0) is 77.1 Å². The highest BCUT2D eigenvalue weighted by Crippen LogP contribution is 2.25. The number of rotatable bonds is 8. The van der Waals surface area contributed by atoms with Gasteiger partial charge in [0.05, 0.1) is 22.4 Å². The molecule has 0 radical (unpaired) electrons. The Morgan fingerprint density at radius 3 is 1.21 bits per heavy atom. The average molecular weight is 384 g/mol. The van der Waals surface area contributed by atoms with Crippen LogP contribution in [0, 0.1) is 0 Å². The molecule has 0 unspecified atom stereocenters. The Balaban J connectivity index is 2.28. The maximum Gasteiger partial charge on any atom is 0.310 e. The van der Waals surface area contributed by atoms with Gasteiger partial charge in [0.15, 0.2) is 0 Å². The van der Waals surface area contributed by atoms with Crippen LogP contribution in [-0.2, 0) is 9.31 Å². The Morgan fingerprint density at radius 1 is 0.607 bits per heavy atom. The molecule has 2 N–H and O–H groups in total. The minimum Gasteiger partial charge on any atom is -0.427 e. The minimum atomic E-state index is -0.945. The highest BCUT2D eigenvalue weighted by Gasteiger charge is 2.36. The van der Waals surface area contributed by atoms with Gasteiger partial charge in [-0.25, -0.2) is 0 Å². The van der Waals surface area contributed by atoms with Crippen LogP contribution in [0.3, 0.4) is 0 Å². The van der Waals surface area contributed by atoms with Crippen LogP contribution < -0.4 is 10.9 Å². The molecule has 0 amide bonds. The van der Waals surface area contributed by atoms with Crippen molar-refractivity contribution in [1.29, 1.82) is 0 Å². The quantitative estimate of drug-likeness (QED) is 0.683. The fraction of sp³-hybridized carbons (Fsp3) is 0.545. The van der Waals surface area contributed by atoms with Crippen molar-refractivity contribution in [3.05, 3.63) is 36.4 Å². The van der Waals surface area contributed by atoms with Crippen LogP contribution in [0.5, 0.6) is 0 Å². The van der Waals surface area contributed by atoms with Gasteiger partial charge >= 0.3 is 15.0 Å². The van der Waals surface area contributed by atoms with E-state index in [1.54, 1.807) is 27.7 Å². The fourth-order valence-corrected chi connectivity index (χ4v) is 2.56. The van der Waals surface area contributed by atoms with Gasteiger partial charge in [0, 0.05) is 0 Å². The standard InChI is InChI=1S/C22H34B2O4/c1-19(2,25)21(5,6)27-23-17-13-9-12-16-15(17)11-10-14-18(16)24-28-22(7,8)20(3,4)26/h9-14,23-26H,1-8H3. The first-order chi connectivity index (χ1) is 12.7. The first-order valence-corrected chi connectivity index (χ1v) is 9.88. The normalized spacial score (nSPS) is 13.6. The fourth-order valence-electron chi connectivity index (χ4n) is 2.56. The van der Waals surface area contributed by atoms with Gasteiger partial charge in [-0.1, -0.05) is 36.4 Å². The monoisotopic (exact) mass is 384 g/mol. The Bertz CT molecular complexity index is 748. The van der Waals surface area contributed by atoms with Gasteiger partial charge in [-0.2, -0.15) is 0 Å². The van der Waals surface area contributed by atoms with E-state index in [1.165, 1.54) is 0 Å². The number of hydrogen-bond acceptors (Lipinski definition) is 4. The lowest BCUT2D eigenvalue weighted by Gasteiger charge is -2.38. The number of benzene rings is 2. The largest absolute Gasteiger partial charge is 0.427 e. The Hall–Kier alpha value is -1.33. The van der Waals surface area contributed by atoms with Crippen molar-refractivity contribution in [3.63, 3.8) is 0 Å².